The average molecular weight is 470 g/mol. The van der Waals surface area contributed by atoms with E-state index >= 15 is 0 Å². The normalized spacial score (nSPS) is 10.6. The Morgan fingerprint density at radius 2 is 1.76 bits per heavy atom. The minimum Gasteiger partial charge on any atom is -0.490 e. The van der Waals surface area contributed by atoms with E-state index in [1.54, 1.807) is 54.6 Å². The largest absolute Gasteiger partial charge is 0.490 e. The zero-order valence-corrected chi connectivity index (χ0v) is 18.4. The lowest BCUT2D eigenvalue weighted by Gasteiger charge is -2.12. The molecule has 0 aliphatic carbocycles. The van der Waals surface area contributed by atoms with Gasteiger partial charge in [-0.25, -0.2) is 9.82 Å². The Kier molecular flexibility index (Phi) is 8.37. The van der Waals surface area contributed by atoms with Crippen LogP contribution >= 0.6 is 11.6 Å². The van der Waals surface area contributed by atoms with Crippen LogP contribution in [0.4, 0.5) is 10.1 Å². The van der Waals surface area contributed by atoms with Crippen LogP contribution in [0.3, 0.4) is 0 Å². The third-order valence-corrected chi connectivity index (χ3v) is 4.61. The van der Waals surface area contributed by atoms with E-state index in [9.17, 15) is 14.0 Å². The van der Waals surface area contributed by atoms with Crippen LogP contribution in [0.5, 0.6) is 11.5 Å². The molecule has 0 atom stereocenters. The van der Waals surface area contributed by atoms with Gasteiger partial charge in [0.15, 0.2) is 11.5 Å². The van der Waals surface area contributed by atoms with Gasteiger partial charge < -0.3 is 14.8 Å². The van der Waals surface area contributed by atoms with Gasteiger partial charge in [0.05, 0.1) is 23.5 Å². The topological polar surface area (TPSA) is 89.0 Å². The van der Waals surface area contributed by atoms with E-state index in [-0.39, 0.29) is 12.4 Å². The standard InChI is InChI=1S/C24H21ClFN3O4/c1-2-32-22-13-17(9-12-21(22)33-15-16-7-10-18(26)11-8-16)14-27-29-24(31)23(30)28-20-6-4-3-5-19(20)25/h3-14H,2,15H2,1H3,(H,28,30)(H,29,31)/b27-14-. The fourth-order valence-corrected chi connectivity index (χ4v) is 2.88. The molecule has 2 N–H and O–H groups in total. The molecule has 0 aromatic heterocycles. The molecule has 0 aliphatic rings. The Balaban J connectivity index is 1.59. The molecule has 0 spiro atoms. The number of ether oxygens (including phenoxy) is 2. The maximum Gasteiger partial charge on any atom is 0.329 e. The van der Waals surface area contributed by atoms with Crippen LogP contribution in [0.15, 0.2) is 71.8 Å². The first-order valence-corrected chi connectivity index (χ1v) is 10.4. The van der Waals surface area contributed by atoms with E-state index in [1.165, 1.54) is 18.3 Å². The predicted octanol–water partition coefficient (Wildman–Crippen LogP) is 4.55. The second-order valence-corrected chi connectivity index (χ2v) is 7.09. The Hall–Kier alpha value is -3.91. The van der Waals surface area contributed by atoms with Crippen molar-refractivity contribution in [3.63, 3.8) is 0 Å². The zero-order valence-electron chi connectivity index (χ0n) is 17.7. The summed E-state index contributed by atoms with van der Waals surface area (Å²) in [5.74, 6) is -1.19. The molecule has 33 heavy (non-hydrogen) atoms. The Bertz CT molecular complexity index is 1150. The van der Waals surface area contributed by atoms with Gasteiger partial charge in [-0.2, -0.15) is 5.10 Å². The second-order valence-electron chi connectivity index (χ2n) is 6.69. The van der Waals surface area contributed by atoms with E-state index in [2.05, 4.69) is 15.8 Å². The fourth-order valence-electron chi connectivity index (χ4n) is 2.69. The number of halogens is 2. The summed E-state index contributed by atoms with van der Waals surface area (Å²) in [7, 11) is 0. The molecule has 0 radical (unpaired) electrons. The summed E-state index contributed by atoms with van der Waals surface area (Å²) in [6, 6.07) is 17.7. The number of carbonyl (C=O) groups excluding carboxylic acids is 2. The van der Waals surface area contributed by atoms with Gasteiger partial charge in [-0.05, 0) is 60.5 Å². The van der Waals surface area contributed by atoms with Crippen molar-refractivity contribution in [2.45, 2.75) is 13.5 Å². The molecule has 170 valence electrons. The van der Waals surface area contributed by atoms with Gasteiger partial charge in [0, 0.05) is 0 Å². The predicted molar refractivity (Wildman–Crippen MR) is 124 cm³/mol. The molecule has 3 aromatic rings. The smallest absolute Gasteiger partial charge is 0.329 e. The van der Waals surface area contributed by atoms with E-state index in [4.69, 9.17) is 21.1 Å². The molecule has 2 amide bonds. The summed E-state index contributed by atoms with van der Waals surface area (Å²) in [5, 5.41) is 6.53. The van der Waals surface area contributed by atoms with Gasteiger partial charge in [0.1, 0.15) is 12.4 Å². The summed E-state index contributed by atoms with van der Waals surface area (Å²) in [6.45, 7) is 2.49. The highest BCUT2D eigenvalue weighted by Crippen LogP contribution is 2.29. The molecule has 3 aromatic carbocycles. The first-order chi connectivity index (χ1) is 16.0. The van der Waals surface area contributed by atoms with Gasteiger partial charge in [0.25, 0.3) is 0 Å². The number of rotatable bonds is 8. The van der Waals surface area contributed by atoms with E-state index in [0.717, 1.165) is 5.56 Å². The lowest BCUT2D eigenvalue weighted by atomic mass is 10.2. The molecule has 0 heterocycles. The minimum atomic E-state index is -0.949. The zero-order chi connectivity index (χ0) is 23.6. The van der Waals surface area contributed by atoms with Crippen LogP contribution in [0, 0.1) is 5.82 Å². The lowest BCUT2D eigenvalue weighted by Crippen LogP contribution is -2.32. The average Bonchev–Trinajstić information content (AvgIpc) is 2.81. The molecular formula is C24H21ClFN3O4. The molecule has 0 unspecified atom stereocenters. The van der Waals surface area contributed by atoms with Crippen LogP contribution in [0.2, 0.25) is 5.02 Å². The number of hydrogen-bond donors (Lipinski definition) is 2. The summed E-state index contributed by atoms with van der Waals surface area (Å²) in [4.78, 5) is 24.0. The molecule has 0 aliphatic heterocycles. The SMILES string of the molecule is CCOc1cc(/C=N\NC(=O)C(=O)Nc2ccccc2Cl)ccc1OCc1ccc(F)cc1. The monoisotopic (exact) mass is 469 g/mol. The molecule has 9 heteroatoms. The summed E-state index contributed by atoms with van der Waals surface area (Å²) < 4.78 is 24.4. The number of hydrazone groups is 1. The number of benzene rings is 3. The number of anilines is 1. The van der Waals surface area contributed by atoms with E-state index in [0.29, 0.717) is 34.4 Å². The van der Waals surface area contributed by atoms with Gasteiger partial charge >= 0.3 is 11.8 Å². The first kappa shape index (κ1) is 23.7. The summed E-state index contributed by atoms with van der Waals surface area (Å²) >= 11 is 5.96. The molecule has 0 saturated carbocycles. The highest BCUT2D eigenvalue weighted by Gasteiger charge is 2.14. The number of nitrogens with one attached hydrogen (secondary N) is 2. The van der Waals surface area contributed by atoms with Gasteiger partial charge in [-0.1, -0.05) is 35.9 Å². The van der Waals surface area contributed by atoms with Gasteiger partial charge in [-0.15, -0.1) is 0 Å². The first-order valence-electron chi connectivity index (χ1n) is 9.99. The van der Waals surface area contributed by atoms with Crippen LogP contribution < -0.4 is 20.2 Å². The maximum atomic E-state index is 13.0. The molecular weight excluding hydrogens is 449 g/mol. The van der Waals surface area contributed by atoms with E-state index in [1.807, 2.05) is 6.92 Å². The Morgan fingerprint density at radius 1 is 1.00 bits per heavy atom. The third-order valence-electron chi connectivity index (χ3n) is 4.28. The van der Waals surface area contributed by atoms with E-state index < -0.39 is 11.8 Å². The Labute approximate surface area is 195 Å². The van der Waals surface area contributed by atoms with Crippen LogP contribution in [0.25, 0.3) is 0 Å². The highest BCUT2D eigenvalue weighted by molar-refractivity contribution is 6.41. The molecule has 0 bridgehead atoms. The third kappa shape index (κ3) is 7.05. The van der Waals surface area contributed by atoms with Gasteiger partial charge in [0.2, 0.25) is 0 Å². The second kappa shape index (κ2) is 11.6. The minimum absolute atomic E-state index is 0.240. The number of nitrogens with zero attached hydrogens (tertiary/aromatic N) is 1. The van der Waals surface area contributed by atoms with Crippen molar-refractivity contribution in [2.24, 2.45) is 5.10 Å². The maximum absolute atomic E-state index is 13.0. The molecule has 0 fully saturated rings. The fraction of sp³-hybridized carbons (Fsp3) is 0.125. The Morgan fingerprint density at radius 3 is 2.48 bits per heavy atom. The van der Waals surface area contributed by atoms with Crippen LogP contribution in [-0.2, 0) is 16.2 Å². The number of amides is 2. The number of hydrogen-bond acceptors (Lipinski definition) is 5. The number of carbonyl (C=O) groups is 2. The van der Waals surface area contributed by atoms with Crippen LogP contribution in [-0.4, -0.2) is 24.6 Å². The van der Waals surface area contributed by atoms with Crippen molar-refractivity contribution in [3.8, 4) is 11.5 Å². The van der Waals surface area contributed by atoms with Crippen LogP contribution in [0.1, 0.15) is 18.1 Å². The van der Waals surface area contributed by atoms with Gasteiger partial charge in [-0.3, -0.25) is 9.59 Å². The quantitative estimate of drug-likeness (QED) is 0.288. The molecule has 0 saturated heterocycles. The summed E-state index contributed by atoms with van der Waals surface area (Å²) in [6.07, 6.45) is 1.37. The number of para-hydroxylation sites is 1. The molecule has 3 rings (SSSR count). The van der Waals surface area contributed by atoms with Crippen molar-refractivity contribution in [2.75, 3.05) is 11.9 Å². The highest BCUT2D eigenvalue weighted by atomic mass is 35.5. The van der Waals surface area contributed by atoms with Crippen molar-refractivity contribution in [1.82, 2.24) is 5.43 Å². The van der Waals surface area contributed by atoms with Crippen molar-refractivity contribution < 1.29 is 23.5 Å². The van der Waals surface area contributed by atoms with Crippen molar-refractivity contribution in [3.05, 3.63) is 88.7 Å². The van der Waals surface area contributed by atoms with Crippen molar-refractivity contribution in [1.29, 1.82) is 0 Å². The lowest BCUT2D eigenvalue weighted by molar-refractivity contribution is -0.136. The van der Waals surface area contributed by atoms with Crippen molar-refractivity contribution >= 4 is 35.3 Å². The molecule has 7 nitrogen and oxygen atoms in total. The summed E-state index contributed by atoms with van der Waals surface area (Å²) in [5.41, 5.74) is 3.90.